The van der Waals surface area contributed by atoms with Crippen molar-refractivity contribution >= 4 is 28.5 Å². The number of hydrogen-bond acceptors (Lipinski definition) is 2. The van der Waals surface area contributed by atoms with Gasteiger partial charge in [-0.25, -0.2) is 0 Å². The van der Waals surface area contributed by atoms with Crippen molar-refractivity contribution in [3.63, 3.8) is 0 Å². The summed E-state index contributed by atoms with van der Waals surface area (Å²) in [4.78, 5) is 11.3. The molecule has 2 N–H and O–H groups in total. The van der Waals surface area contributed by atoms with E-state index in [2.05, 4.69) is 22.6 Å². The summed E-state index contributed by atoms with van der Waals surface area (Å²) in [5.41, 5.74) is 6.72. The van der Waals surface area contributed by atoms with Gasteiger partial charge in [0.25, 0.3) is 5.91 Å². The summed E-state index contributed by atoms with van der Waals surface area (Å²) >= 11 is 2.22. The Morgan fingerprint density at radius 3 is 2.44 bits per heavy atom. The van der Waals surface area contributed by atoms with Crippen LogP contribution in [0.15, 0.2) is 42.5 Å². The molecule has 18 heavy (non-hydrogen) atoms. The normalized spacial score (nSPS) is 10.1. The molecule has 1 amide bonds. The third-order valence-corrected chi connectivity index (χ3v) is 3.16. The van der Waals surface area contributed by atoms with Crippen LogP contribution in [0.3, 0.4) is 0 Å². The van der Waals surface area contributed by atoms with Gasteiger partial charge in [0.15, 0.2) is 0 Å². The lowest BCUT2D eigenvalue weighted by Crippen LogP contribution is -2.12. The van der Waals surface area contributed by atoms with Gasteiger partial charge in [-0.05, 0) is 71.5 Å². The predicted octanol–water partition coefficient (Wildman–Crippen LogP) is 3.49. The van der Waals surface area contributed by atoms with Gasteiger partial charge in [-0.1, -0.05) is 6.07 Å². The second-order valence-corrected chi connectivity index (χ2v) is 5.17. The molecule has 92 valence electrons. The van der Waals surface area contributed by atoms with Crippen molar-refractivity contribution in [2.75, 3.05) is 0 Å². The van der Waals surface area contributed by atoms with Crippen molar-refractivity contribution in [2.45, 2.75) is 6.92 Å². The fourth-order valence-corrected chi connectivity index (χ4v) is 1.91. The monoisotopic (exact) mass is 353 g/mol. The van der Waals surface area contributed by atoms with Crippen molar-refractivity contribution in [2.24, 2.45) is 5.73 Å². The van der Waals surface area contributed by atoms with Gasteiger partial charge in [0.2, 0.25) is 0 Å². The summed E-state index contributed by atoms with van der Waals surface area (Å²) in [6.07, 6.45) is 0. The topological polar surface area (TPSA) is 52.3 Å². The molecule has 0 atom stereocenters. The van der Waals surface area contributed by atoms with Gasteiger partial charge >= 0.3 is 0 Å². The number of aryl methyl sites for hydroxylation is 1. The highest BCUT2D eigenvalue weighted by atomic mass is 127. The highest BCUT2D eigenvalue weighted by molar-refractivity contribution is 14.1. The third kappa shape index (κ3) is 3.01. The van der Waals surface area contributed by atoms with Crippen LogP contribution in [0.25, 0.3) is 0 Å². The molecule has 0 heterocycles. The molecule has 0 radical (unpaired) electrons. The smallest absolute Gasteiger partial charge is 0.252 e. The molecule has 0 aliphatic carbocycles. The minimum absolute atomic E-state index is 0.388. The summed E-state index contributed by atoms with van der Waals surface area (Å²) in [6.45, 7) is 1.94. The van der Waals surface area contributed by atoms with Crippen LogP contribution in [0.1, 0.15) is 15.9 Å². The van der Waals surface area contributed by atoms with Crippen molar-refractivity contribution in [3.8, 4) is 11.5 Å². The zero-order valence-electron chi connectivity index (χ0n) is 9.81. The lowest BCUT2D eigenvalue weighted by molar-refractivity contribution is 0.0998. The molecular weight excluding hydrogens is 341 g/mol. The number of rotatable bonds is 3. The molecular formula is C14H12INO2. The van der Waals surface area contributed by atoms with Gasteiger partial charge in [0.1, 0.15) is 11.5 Å². The fraction of sp³-hybridized carbons (Fsp3) is 0.0714. The first-order valence-corrected chi connectivity index (χ1v) is 6.48. The van der Waals surface area contributed by atoms with E-state index in [1.165, 1.54) is 0 Å². The molecule has 2 rings (SSSR count). The quantitative estimate of drug-likeness (QED) is 0.859. The summed E-state index contributed by atoms with van der Waals surface area (Å²) < 4.78 is 6.83. The number of amides is 1. The standard InChI is InChI=1S/C14H12INO2/c1-9-2-7-12(14(16)17)13(8-9)18-11-5-3-10(15)4-6-11/h2-8H,1H3,(H2,16,17). The number of primary amides is 1. The van der Waals surface area contributed by atoms with Crippen molar-refractivity contribution in [1.82, 2.24) is 0 Å². The van der Waals surface area contributed by atoms with Crippen LogP contribution in [0.5, 0.6) is 11.5 Å². The Labute approximate surface area is 119 Å². The van der Waals surface area contributed by atoms with Gasteiger partial charge in [-0.2, -0.15) is 0 Å². The SMILES string of the molecule is Cc1ccc(C(N)=O)c(Oc2ccc(I)cc2)c1. The fourth-order valence-electron chi connectivity index (χ4n) is 1.55. The maximum Gasteiger partial charge on any atom is 0.252 e. The summed E-state index contributed by atoms with van der Waals surface area (Å²) in [5.74, 6) is 0.683. The Morgan fingerprint density at radius 1 is 1.17 bits per heavy atom. The van der Waals surface area contributed by atoms with Gasteiger partial charge in [-0.3, -0.25) is 4.79 Å². The van der Waals surface area contributed by atoms with E-state index in [-0.39, 0.29) is 0 Å². The van der Waals surface area contributed by atoms with E-state index in [9.17, 15) is 4.79 Å². The molecule has 0 aliphatic heterocycles. The van der Waals surface area contributed by atoms with Gasteiger partial charge in [0.05, 0.1) is 5.56 Å². The minimum Gasteiger partial charge on any atom is -0.457 e. The Morgan fingerprint density at radius 2 is 1.83 bits per heavy atom. The molecule has 0 spiro atoms. The lowest BCUT2D eigenvalue weighted by Gasteiger charge is -2.10. The Kier molecular flexibility index (Phi) is 3.86. The first-order chi connectivity index (χ1) is 8.56. The molecule has 0 unspecified atom stereocenters. The van der Waals surface area contributed by atoms with Crippen LogP contribution in [-0.4, -0.2) is 5.91 Å². The van der Waals surface area contributed by atoms with Gasteiger partial charge in [-0.15, -0.1) is 0 Å². The third-order valence-electron chi connectivity index (χ3n) is 2.44. The average Bonchev–Trinajstić information content (AvgIpc) is 2.32. The van der Waals surface area contributed by atoms with E-state index in [0.29, 0.717) is 17.1 Å². The predicted molar refractivity (Wildman–Crippen MR) is 78.9 cm³/mol. The lowest BCUT2D eigenvalue weighted by atomic mass is 10.1. The number of halogens is 1. The number of carbonyl (C=O) groups is 1. The van der Waals surface area contributed by atoms with Crippen molar-refractivity contribution in [1.29, 1.82) is 0 Å². The molecule has 0 saturated carbocycles. The summed E-state index contributed by atoms with van der Waals surface area (Å²) in [7, 11) is 0. The van der Waals surface area contributed by atoms with E-state index >= 15 is 0 Å². The van der Waals surface area contributed by atoms with Crippen LogP contribution in [-0.2, 0) is 0 Å². The van der Waals surface area contributed by atoms with Crippen LogP contribution in [0.4, 0.5) is 0 Å². The molecule has 4 heteroatoms. The number of hydrogen-bond donors (Lipinski definition) is 1. The highest BCUT2D eigenvalue weighted by Crippen LogP contribution is 2.26. The maximum atomic E-state index is 11.3. The molecule has 2 aromatic rings. The molecule has 0 aliphatic rings. The first-order valence-electron chi connectivity index (χ1n) is 5.40. The zero-order valence-corrected chi connectivity index (χ0v) is 12.0. The Hall–Kier alpha value is -1.56. The van der Waals surface area contributed by atoms with Crippen LogP contribution in [0.2, 0.25) is 0 Å². The Bertz CT molecular complexity index is 579. The second-order valence-electron chi connectivity index (χ2n) is 3.92. The largest absolute Gasteiger partial charge is 0.457 e. The van der Waals surface area contributed by atoms with E-state index < -0.39 is 5.91 Å². The number of nitrogens with two attached hydrogens (primary N) is 1. The van der Waals surface area contributed by atoms with E-state index in [4.69, 9.17) is 10.5 Å². The van der Waals surface area contributed by atoms with Crippen LogP contribution >= 0.6 is 22.6 Å². The molecule has 0 saturated heterocycles. The van der Waals surface area contributed by atoms with Crippen LogP contribution in [0, 0.1) is 10.5 Å². The second kappa shape index (κ2) is 5.39. The van der Waals surface area contributed by atoms with E-state index in [0.717, 1.165) is 9.13 Å². The van der Waals surface area contributed by atoms with Gasteiger partial charge in [0, 0.05) is 3.57 Å². The molecule has 0 bridgehead atoms. The van der Waals surface area contributed by atoms with Crippen LogP contribution < -0.4 is 10.5 Å². The number of carbonyl (C=O) groups excluding carboxylic acids is 1. The molecule has 3 nitrogen and oxygen atoms in total. The van der Waals surface area contributed by atoms with Crippen molar-refractivity contribution in [3.05, 3.63) is 57.2 Å². The molecule has 0 fully saturated rings. The summed E-state index contributed by atoms with van der Waals surface area (Å²) in [6, 6.07) is 12.9. The van der Waals surface area contributed by atoms with E-state index in [1.54, 1.807) is 12.1 Å². The Balaban J connectivity index is 2.35. The average molecular weight is 353 g/mol. The zero-order chi connectivity index (χ0) is 13.1. The van der Waals surface area contributed by atoms with E-state index in [1.807, 2.05) is 37.3 Å². The minimum atomic E-state index is -0.490. The molecule has 2 aromatic carbocycles. The van der Waals surface area contributed by atoms with Crippen molar-refractivity contribution < 1.29 is 9.53 Å². The molecule has 0 aromatic heterocycles. The highest BCUT2D eigenvalue weighted by Gasteiger charge is 2.10. The maximum absolute atomic E-state index is 11.3. The van der Waals surface area contributed by atoms with Gasteiger partial charge < -0.3 is 10.5 Å². The number of benzene rings is 2. The number of ether oxygens (including phenoxy) is 1. The first kappa shape index (κ1) is 12.9. The summed E-state index contributed by atoms with van der Waals surface area (Å²) in [5, 5.41) is 0.